The number of halogens is 5. The second-order valence-corrected chi connectivity index (χ2v) is 8.70. The van der Waals surface area contributed by atoms with Crippen molar-refractivity contribution in [3.8, 4) is 0 Å². The highest BCUT2D eigenvalue weighted by atomic mass is 79.9. The highest BCUT2D eigenvalue weighted by Gasteiger charge is 2.12. The minimum Gasteiger partial charge on any atom is -0.478 e. The first-order valence-electron chi connectivity index (χ1n) is 9.89. The van der Waals surface area contributed by atoms with E-state index in [9.17, 15) is 19.2 Å². The van der Waals surface area contributed by atoms with Crippen molar-refractivity contribution in [3.05, 3.63) is 66.5 Å². The summed E-state index contributed by atoms with van der Waals surface area (Å²) in [5, 5.41) is 11.6. The predicted molar refractivity (Wildman–Crippen MR) is 147 cm³/mol. The first-order valence-corrected chi connectivity index (χ1v) is 12.2. The van der Waals surface area contributed by atoms with Crippen LogP contribution in [0.25, 0.3) is 0 Å². The second-order valence-electron chi connectivity index (χ2n) is 6.05. The lowest BCUT2D eigenvalue weighted by atomic mass is 10.2. The average molecular weight is 696 g/mol. The normalized spacial score (nSPS) is 9.19. The van der Waals surface area contributed by atoms with Crippen LogP contribution in [0.15, 0.2) is 45.3 Å². The summed E-state index contributed by atoms with van der Waals surface area (Å²) in [6.45, 7) is 3.95. The van der Waals surface area contributed by atoms with E-state index in [2.05, 4.69) is 46.7 Å². The summed E-state index contributed by atoms with van der Waals surface area (Å²) in [5.74, 6) is -2.25. The number of nitrogens with one attached hydrogen (secondary N) is 1. The fourth-order valence-corrected chi connectivity index (χ4v) is 3.14. The van der Waals surface area contributed by atoms with E-state index >= 15 is 0 Å². The molecule has 0 atom stereocenters. The molecule has 0 saturated heterocycles. The van der Waals surface area contributed by atoms with E-state index in [-0.39, 0.29) is 48.7 Å². The number of hydrogen-bond acceptors (Lipinski definition) is 7. The summed E-state index contributed by atoms with van der Waals surface area (Å²) in [7, 11) is 0. The molecule has 9 nitrogen and oxygen atoms in total. The zero-order valence-corrected chi connectivity index (χ0v) is 24.7. The number of hydrogen-bond donors (Lipinski definition) is 3. The van der Waals surface area contributed by atoms with E-state index in [1.807, 2.05) is 0 Å². The number of rotatable bonds is 7. The molecule has 2 aromatic rings. The van der Waals surface area contributed by atoms with Gasteiger partial charge in [0.05, 0.1) is 40.9 Å². The lowest BCUT2D eigenvalue weighted by molar-refractivity contribution is -0.142. The number of nitrogens with two attached hydrogens (primary N) is 1. The number of aromatic carboxylic acids is 1. The Hall–Kier alpha value is -1.89. The highest BCUT2D eigenvalue weighted by Crippen LogP contribution is 2.21. The third-order valence-corrected chi connectivity index (χ3v) is 5.15. The zero-order chi connectivity index (χ0) is 27.0. The van der Waals surface area contributed by atoms with Gasteiger partial charge >= 0.3 is 17.9 Å². The van der Waals surface area contributed by atoms with Crippen LogP contribution in [0.2, 0.25) is 10.0 Å². The molecule has 0 spiro atoms. The molecule has 0 bridgehead atoms. The maximum atomic E-state index is 11.7. The Morgan fingerprint density at radius 3 is 1.72 bits per heavy atom. The van der Waals surface area contributed by atoms with Crippen LogP contribution in [-0.2, 0) is 19.1 Å². The summed E-state index contributed by atoms with van der Waals surface area (Å²) < 4.78 is 10.6. The molecule has 200 valence electrons. The van der Waals surface area contributed by atoms with E-state index in [1.165, 1.54) is 12.1 Å². The fourth-order valence-electron chi connectivity index (χ4n) is 2.01. The Balaban J connectivity index is 0. The molecule has 0 aliphatic carbocycles. The maximum Gasteiger partial charge on any atom is 0.337 e. The van der Waals surface area contributed by atoms with Crippen molar-refractivity contribution < 1.29 is 33.8 Å². The number of esters is 2. The van der Waals surface area contributed by atoms with Gasteiger partial charge in [-0.05, 0) is 50.2 Å². The molecule has 14 heteroatoms. The van der Waals surface area contributed by atoms with Gasteiger partial charge < -0.3 is 25.6 Å². The molecular formula is C22H25Br2Cl3N2O7. The number of carbonyl (C=O) groups excluding carboxylic acids is 3. The van der Waals surface area contributed by atoms with Crippen molar-refractivity contribution in [2.24, 2.45) is 5.73 Å². The summed E-state index contributed by atoms with van der Waals surface area (Å²) in [4.78, 5) is 43.3. The van der Waals surface area contributed by atoms with E-state index in [0.717, 1.165) is 4.47 Å². The van der Waals surface area contributed by atoms with Crippen molar-refractivity contribution in [3.63, 3.8) is 0 Å². The van der Waals surface area contributed by atoms with Gasteiger partial charge in [0, 0.05) is 8.95 Å². The molecule has 2 aromatic carbocycles. The monoisotopic (exact) mass is 692 g/mol. The molecule has 0 fully saturated rings. The third-order valence-electron chi connectivity index (χ3n) is 3.50. The van der Waals surface area contributed by atoms with E-state index in [1.54, 1.807) is 38.1 Å². The SMILES string of the molecule is CCOC(=O)CN.CCOC(=O)CNC(=O)c1cc(Br)ccc1Cl.Cl.O=C(O)c1cc(Br)ccc1Cl. The first-order chi connectivity index (χ1) is 16.5. The van der Waals surface area contributed by atoms with Gasteiger partial charge in [-0.1, -0.05) is 55.1 Å². The molecule has 36 heavy (non-hydrogen) atoms. The van der Waals surface area contributed by atoms with Gasteiger partial charge in [0.25, 0.3) is 5.91 Å². The Morgan fingerprint density at radius 2 is 1.33 bits per heavy atom. The molecule has 0 radical (unpaired) electrons. The first kappa shape index (κ1) is 36.3. The van der Waals surface area contributed by atoms with Crippen molar-refractivity contribution in [1.29, 1.82) is 0 Å². The number of carboxylic acid groups (broad SMARTS) is 1. The van der Waals surface area contributed by atoms with Gasteiger partial charge in [-0.2, -0.15) is 0 Å². The largest absolute Gasteiger partial charge is 0.478 e. The Labute approximate surface area is 241 Å². The number of amides is 1. The molecule has 0 heterocycles. The summed E-state index contributed by atoms with van der Waals surface area (Å²) in [6, 6.07) is 9.60. The fraction of sp³-hybridized carbons (Fsp3) is 0.273. The van der Waals surface area contributed by atoms with Crippen molar-refractivity contribution >= 4 is 91.3 Å². The van der Waals surface area contributed by atoms with Crippen LogP contribution in [0.3, 0.4) is 0 Å². The Kier molecular flexibility index (Phi) is 20.3. The lowest BCUT2D eigenvalue weighted by Gasteiger charge is -2.06. The number of ether oxygens (including phenoxy) is 2. The molecule has 2 rings (SSSR count). The van der Waals surface area contributed by atoms with Crippen molar-refractivity contribution in [2.45, 2.75) is 13.8 Å². The van der Waals surface area contributed by atoms with Gasteiger partial charge in [-0.15, -0.1) is 12.4 Å². The number of benzene rings is 2. The molecule has 0 aromatic heterocycles. The highest BCUT2D eigenvalue weighted by molar-refractivity contribution is 9.10. The molecule has 0 unspecified atom stereocenters. The standard InChI is InChI=1S/C11H11BrClNO3.C7H4BrClO2.C4H9NO2.ClH/c1-2-17-10(15)6-14-11(16)8-5-7(12)3-4-9(8)13;8-4-1-2-6(9)5(3-4)7(10)11;1-2-7-4(6)3-5;/h3-5H,2,6H2,1H3,(H,14,16);1-3H,(H,10,11);2-3,5H2,1H3;1H. The molecule has 1 amide bonds. The van der Waals surface area contributed by atoms with Crippen LogP contribution in [-0.4, -0.2) is 55.2 Å². The Morgan fingerprint density at radius 1 is 0.889 bits per heavy atom. The van der Waals surface area contributed by atoms with E-state index in [4.69, 9.17) is 34.0 Å². The van der Waals surface area contributed by atoms with Crippen LogP contribution >= 0.6 is 67.5 Å². The topological polar surface area (TPSA) is 145 Å². The van der Waals surface area contributed by atoms with Crippen LogP contribution < -0.4 is 11.1 Å². The number of carbonyl (C=O) groups is 4. The van der Waals surface area contributed by atoms with Crippen LogP contribution in [0.1, 0.15) is 34.6 Å². The molecule has 4 N–H and O–H groups in total. The number of carboxylic acids is 1. The molecule has 0 aliphatic heterocycles. The van der Waals surface area contributed by atoms with Gasteiger partial charge in [0.15, 0.2) is 0 Å². The average Bonchev–Trinajstić information content (AvgIpc) is 2.81. The minimum absolute atomic E-state index is 0. The molecule has 0 saturated carbocycles. The predicted octanol–water partition coefficient (Wildman–Crippen LogP) is 5.13. The smallest absolute Gasteiger partial charge is 0.337 e. The lowest BCUT2D eigenvalue weighted by Crippen LogP contribution is -2.30. The van der Waals surface area contributed by atoms with Crippen LogP contribution in [0.5, 0.6) is 0 Å². The quantitative estimate of drug-likeness (QED) is 0.339. The molecular weight excluding hydrogens is 670 g/mol. The maximum absolute atomic E-state index is 11.7. The van der Waals surface area contributed by atoms with Crippen molar-refractivity contribution in [1.82, 2.24) is 5.32 Å². The summed E-state index contributed by atoms with van der Waals surface area (Å²) >= 11 is 17.8. The van der Waals surface area contributed by atoms with Gasteiger partial charge in [-0.25, -0.2) is 4.79 Å². The summed E-state index contributed by atoms with van der Waals surface area (Å²) in [6.07, 6.45) is 0. The van der Waals surface area contributed by atoms with Crippen LogP contribution in [0, 0.1) is 0 Å². The minimum atomic E-state index is -1.02. The van der Waals surface area contributed by atoms with Gasteiger partial charge in [-0.3, -0.25) is 14.4 Å². The van der Waals surface area contributed by atoms with Gasteiger partial charge in [0.2, 0.25) is 0 Å². The van der Waals surface area contributed by atoms with Crippen LogP contribution in [0.4, 0.5) is 0 Å². The molecule has 0 aliphatic rings. The van der Waals surface area contributed by atoms with Crippen molar-refractivity contribution in [2.75, 3.05) is 26.3 Å². The third kappa shape index (κ3) is 15.3. The van der Waals surface area contributed by atoms with E-state index in [0.29, 0.717) is 21.7 Å². The van der Waals surface area contributed by atoms with Gasteiger partial charge in [0.1, 0.15) is 6.54 Å². The summed E-state index contributed by atoms with van der Waals surface area (Å²) in [5.41, 5.74) is 5.31. The van der Waals surface area contributed by atoms with E-state index < -0.39 is 17.8 Å². The zero-order valence-electron chi connectivity index (χ0n) is 19.2. The second kappa shape index (κ2) is 20.2. The Bertz CT molecular complexity index is 1030.